The minimum atomic E-state index is -0.283. The molecule has 1 heterocycles. The van der Waals surface area contributed by atoms with E-state index >= 15 is 0 Å². The highest BCUT2D eigenvalue weighted by molar-refractivity contribution is 9.10. The molecule has 17 heavy (non-hydrogen) atoms. The Morgan fingerprint density at radius 3 is 2.76 bits per heavy atom. The molecule has 0 spiro atoms. The predicted octanol–water partition coefficient (Wildman–Crippen LogP) is 3.19. The van der Waals surface area contributed by atoms with Crippen molar-refractivity contribution in [3.05, 3.63) is 46.3 Å². The van der Waals surface area contributed by atoms with Crippen LogP contribution in [0.1, 0.15) is 16.1 Å². The lowest BCUT2D eigenvalue weighted by Crippen LogP contribution is -2.12. The zero-order valence-electron chi connectivity index (χ0n) is 9.16. The maximum absolute atomic E-state index is 11.8. The Morgan fingerprint density at radius 1 is 1.41 bits per heavy atom. The average molecular weight is 295 g/mol. The number of halogens is 1. The lowest BCUT2D eigenvalue weighted by molar-refractivity contribution is 0.0996. The molecule has 0 aliphatic carbocycles. The van der Waals surface area contributed by atoms with Crippen molar-refractivity contribution in [1.82, 2.24) is 0 Å². The summed E-state index contributed by atoms with van der Waals surface area (Å²) in [5.41, 5.74) is 7.72. The Balaban J connectivity index is 2.19. The molecule has 1 aromatic heterocycles. The Bertz CT molecular complexity index is 563. The van der Waals surface area contributed by atoms with Crippen LogP contribution in [-0.2, 0) is 0 Å². The molecule has 0 saturated carbocycles. The lowest BCUT2D eigenvalue weighted by Gasteiger charge is -2.05. The molecular formula is C12H11BrN2O2. The fourth-order valence-corrected chi connectivity index (χ4v) is 1.66. The van der Waals surface area contributed by atoms with Gasteiger partial charge in [-0.1, -0.05) is 0 Å². The smallest absolute Gasteiger partial charge is 0.291 e. The summed E-state index contributed by atoms with van der Waals surface area (Å²) < 4.78 is 5.90. The summed E-state index contributed by atoms with van der Waals surface area (Å²) in [7, 11) is 0. The van der Waals surface area contributed by atoms with Crippen molar-refractivity contribution in [3.63, 3.8) is 0 Å². The van der Waals surface area contributed by atoms with Gasteiger partial charge in [0, 0.05) is 21.4 Å². The highest BCUT2D eigenvalue weighted by Crippen LogP contribution is 2.23. The Morgan fingerprint density at radius 2 is 2.18 bits per heavy atom. The highest BCUT2D eigenvalue weighted by Gasteiger charge is 2.12. The summed E-state index contributed by atoms with van der Waals surface area (Å²) in [6.45, 7) is 1.81. The van der Waals surface area contributed by atoms with Crippen LogP contribution in [0.25, 0.3) is 0 Å². The third kappa shape index (κ3) is 2.50. The average Bonchev–Trinajstić information content (AvgIpc) is 2.70. The van der Waals surface area contributed by atoms with Crippen LogP contribution in [0.15, 0.2) is 39.4 Å². The second-order valence-corrected chi connectivity index (χ2v) is 4.48. The molecule has 0 aliphatic rings. The second-order valence-electron chi connectivity index (χ2n) is 3.62. The van der Waals surface area contributed by atoms with Gasteiger partial charge in [0.05, 0.1) is 6.26 Å². The Labute approximate surface area is 107 Å². The van der Waals surface area contributed by atoms with Gasteiger partial charge in [-0.2, -0.15) is 0 Å². The van der Waals surface area contributed by atoms with E-state index in [1.807, 2.05) is 6.92 Å². The molecule has 0 aliphatic heterocycles. The first-order valence-corrected chi connectivity index (χ1v) is 5.77. The number of carbonyl (C=O) groups is 1. The molecule has 2 aromatic rings. The van der Waals surface area contributed by atoms with Gasteiger partial charge in [0.2, 0.25) is 0 Å². The first-order valence-electron chi connectivity index (χ1n) is 4.98. The summed E-state index contributed by atoms with van der Waals surface area (Å²) in [5.74, 6) is 0.0284. The van der Waals surface area contributed by atoms with Crippen LogP contribution >= 0.6 is 15.9 Å². The molecule has 1 amide bonds. The number of aryl methyl sites for hydroxylation is 1. The number of furan rings is 1. The maximum atomic E-state index is 11.8. The Kier molecular flexibility index (Phi) is 3.19. The summed E-state index contributed by atoms with van der Waals surface area (Å²) >= 11 is 3.29. The van der Waals surface area contributed by atoms with E-state index < -0.39 is 0 Å². The molecule has 0 bridgehead atoms. The number of anilines is 2. The topological polar surface area (TPSA) is 68.3 Å². The fourth-order valence-electron chi connectivity index (χ4n) is 1.41. The molecule has 0 fully saturated rings. The van der Waals surface area contributed by atoms with E-state index in [0.29, 0.717) is 17.1 Å². The number of amides is 1. The van der Waals surface area contributed by atoms with Crippen LogP contribution in [0.5, 0.6) is 0 Å². The maximum Gasteiger partial charge on any atom is 0.291 e. The molecule has 0 saturated heterocycles. The van der Waals surface area contributed by atoms with Crippen LogP contribution in [0, 0.1) is 6.92 Å². The highest BCUT2D eigenvalue weighted by atomic mass is 79.9. The van der Waals surface area contributed by atoms with Crippen LogP contribution in [0.3, 0.4) is 0 Å². The van der Waals surface area contributed by atoms with Crippen molar-refractivity contribution in [1.29, 1.82) is 0 Å². The molecule has 0 unspecified atom stereocenters. The normalized spacial score (nSPS) is 10.2. The molecule has 4 nitrogen and oxygen atoms in total. The van der Waals surface area contributed by atoms with Gasteiger partial charge in [-0.05, 0) is 47.1 Å². The molecule has 88 valence electrons. The van der Waals surface area contributed by atoms with E-state index in [1.54, 1.807) is 24.3 Å². The first-order chi connectivity index (χ1) is 8.08. The van der Waals surface area contributed by atoms with Gasteiger partial charge in [0.15, 0.2) is 5.76 Å². The van der Waals surface area contributed by atoms with Gasteiger partial charge in [-0.15, -0.1) is 0 Å². The molecule has 1 aromatic carbocycles. The third-order valence-corrected chi connectivity index (χ3v) is 3.04. The van der Waals surface area contributed by atoms with Crippen molar-refractivity contribution in [3.8, 4) is 0 Å². The minimum absolute atomic E-state index is 0.283. The molecule has 3 N–H and O–H groups in total. The van der Waals surface area contributed by atoms with E-state index in [1.165, 1.54) is 6.26 Å². The van der Waals surface area contributed by atoms with E-state index in [9.17, 15) is 4.79 Å². The number of nitrogens with one attached hydrogen (secondary N) is 1. The van der Waals surface area contributed by atoms with Gasteiger partial charge in [-0.3, -0.25) is 4.79 Å². The van der Waals surface area contributed by atoms with Crippen LogP contribution in [0.2, 0.25) is 0 Å². The number of benzene rings is 1. The van der Waals surface area contributed by atoms with Crippen molar-refractivity contribution in [2.45, 2.75) is 6.92 Å². The fraction of sp³-hybridized carbons (Fsp3) is 0.0833. The van der Waals surface area contributed by atoms with Crippen molar-refractivity contribution in [2.24, 2.45) is 0 Å². The van der Waals surface area contributed by atoms with Gasteiger partial charge >= 0.3 is 0 Å². The summed E-state index contributed by atoms with van der Waals surface area (Å²) in [4.78, 5) is 11.8. The van der Waals surface area contributed by atoms with Crippen LogP contribution in [0.4, 0.5) is 11.4 Å². The third-order valence-electron chi connectivity index (χ3n) is 2.32. The van der Waals surface area contributed by atoms with Gasteiger partial charge in [0.25, 0.3) is 5.91 Å². The zero-order valence-corrected chi connectivity index (χ0v) is 10.7. The van der Waals surface area contributed by atoms with Crippen LogP contribution in [-0.4, -0.2) is 5.91 Å². The quantitative estimate of drug-likeness (QED) is 0.836. The predicted molar refractivity (Wildman–Crippen MR) is 70.0 cm³/mol. The van der Waals surface area contributed by atoms with E-state index in [4.69, 9.17) is 10.2 Å². The molecule has 0 atom stereocenters. The number of carbonyl (C=O) groups excluding carboxylic acids is 1. The van der Waals surface area contributed by atoms with Crippen molar-refractivity contribution >= 4 is 33.2 Å². The van der Waals surface area contributed by atoms with Crippen molar-refractivity contribution in [2.75, 3.05) is 11.1 Å². The largest absolute Gasteiger partial charge is 0.459 e. The zero-order chi connectivity index (χ0) is 12.4. The molecular weight excluding hydrogens is 284 g/mol. The van der Waals surface area contributed by atoms with Crippen molar-refractivity contribution < 1.29 is 9.21 Å². The minimum Gasteiger partial charge on any atom is -0.459 e. The Hall–Kier alpha value is -1.75. The molecule has 5 heteroatoms. The van der Waals surface area contributed by atoms with E-state index in [2.05, 4.69) is 21.2 Å². The number of rotatable bonds is 2. The standard InChI is InChI=1S/C12H11BrN2O2/c1-7-4-5-17-11(7)12(16)15-8-2-3-9(13)10(14)6-8/h2-6H,14H2,1H3,(H,15,16). The SMILES string of the molecule is Cc1ccoc1C(=O)Nc1ccc(Br)c(N)c1. The molecule has 2 rings (SSSR count). The van der Waals surface area contributed by atoms with Gasteiger partial charge in [-0.25, -0.2) is 0 Å². The van der Waals surface area contributed by atoms with Crippen LogP contribution < -0.4 is 11.1 Å². The number of hydrogen-bond donors (Lipinski definition) is 2. The number of nitrogens with two attached hydrogens (primary N) is 1. The second kappa shape index (κ2) is 4.63. The summed E-state index contributed by atoms with van der Waals surface area (Å²) in [5, 5.41) is 2.72. The molecule has 0 radical (unpaired) electrons. The van der Waals surface area contributed by atoms with Gasteiger partial charge in [0.1, 0.15) is 0 Å². The summed E-state index contributed by atoms with van der Waals surface area (Å²) in [6.07, 6.45) is 1.49. The van der Waals surface area contributed by atoms with E-state index in [0.717, 1.165) is 10.0 Å². The first kappa shape index (κ1) is 11.7. The van der Waals surface area contributed by atoms with Gasteiger partial charge < -0.3 is 15.5 Å². The lowest BCUT2D eigenvalue weighted by atomic mass is 10.2. The van der Waals surface area contributed by atoms with E-state index in [-0.39, 0.29) is 5.91 Å². The number of hydrogen-bond acceptors (Lipinski definition) is 3. The monoisotopic (exact) mass is 294 g/mol. The number of nitrogen functional groups attached to an aromatic ring is 1. The summed E-state index contributed by atoms with van der Waals surface area (Å²) in [6, 6.07) is 6.96.